The molecular formula is C14H13N3. The largest absolute Gasteiger partial charge is 0.399 e. The van der Waals surface area contributed by atoms with Gasteiger partial charge in [0.15, 0.2) is 0 Å². The third-order valence-corrected chi connectivity index (χ3v) is 2.84. The first-order chi connectivity index (χ1) is 8.33. The van der Waals surface area contributed by atoms with E-state index in [0.29, 0.717) is 0 Å². The summed E-state index contributed by atoms with van der Waals surface area (Å²) in [6.45, 7) is 0.772. The van der Waals surface area contributed by atoms with Crippen molar-refractivity contribution in [2.75, 3.05) is 5.73 Å². The Labute approximate surface area is 99.5 Å². The zero-order valence-electron chi connectivity index (χ0n) is 9.38. The van der Waals surface area contributed by atoms with Crippen LogP contribution >= 0.6 is 0 Å². The van der Waals surface area contributed by atoms with Crippen LogP contribution in [0.2, 0.25) is 0 Å². The smallest absolute Gasteiger partial charge is 0.0706 e. The number of anilines is 1. The van der Waals surface area contributed by atoms with Crippen molar-refractivity contribution in [3.05, 3.63) is 60.3 Å². The van der Waals surface area contributed by atoms with Gasteiger partial charge >= 0.3 is 0 Å². The van der Waals surface area contributed by atoms with Crippen molar-refractivity contribution in [3.8, 4) is 0 Å². The molecule has 0 saturated heterocycles. The van der Waals surface area contributed by atoms with Gasteiger partial charge in [-0.3, -0.25) is 4.68 Å². The highest BCUT2D eigenvalue weighted by Gasteiger charge is 2.03. The molecule has 0 radical (unpaired) electrons. The number of hydrogen-bond acceptors (Lipinski definition) is 2. The van der Waals surface area contributed by atoms with Crippen LogP contribution in [0.4, 0.5) is 5.69 Å². The summed E-state index contributed by atoms with van der Waals surface area (Å²) < 4.78 is 1.97. The Morgan fingerprint density at radius 2 is 1.88 bits per heavy atom. The standard InChI is InChI=1S/C14H13N3/c15-13-7-6-12-9-16-17(14(12)8-13)10-11-4-2-1-3-5-11/h1-9H,10,15H2. The summed E-state index contributed by atoms with van der Waals surface area (Å²) in [5.41, 5.74) is 8.89. The molecule has 0 aliphatic rings. The molecule has 0 atom stereocenters. The van der Waals surface area contributed by atoms with Gasteiger partial charge in [-0.15, -0.1) is 0 Å². The van der Waals surface area contributed by atoms with Gasteiger partial charge in [-0.2, -0.15) is 5.10 Å². The summed E-state index contributed by atoms with van der Waals surface area (Å²) in [5, 5.41) is 5.51. The maximum absolute atomic E-state index is 5.80. The summed E-state index contributed by atoms with van der Waals surface area (Å²) >= 11 is 0. The molecule has 0 bridgehead atoms. The quantitative estimate of drug-likeness (QED) is 0.679. The molecule has 0 amide bonds. The average Bonchev–Trinajstić information content (AvgIpc) is 2.73. The second-order valence-electron chi connectivity index (χ2n) is 4.11. The van der Waals surface area contributed by atoms with Crippen LogP contribution in [0.25, 0.3) is 10.9 Å². The normalized spacial score (nSPS) is 10.8. The van der Waals surface area contributed by atoms with Gasteiger partial charge in [0.05, 0.1) is 18.3 Å². The summed E-state index contributed by atoms with van der Waals surface area (Å²) in [4.78, 5) is 0. The van der Waals surface area contributed by atoms with Gasteiger partial charge in [-0.25, -0.2) is 0 Å². The lowest BCUT2D eigenvalue weighted by Crippen LogP contribution is -2.01. The number of hydrogen-bond donors (Lipinski definition) is 1. The van der Waals surface area contributed by atoms with E-state index in [2.05, 4.69) is 17.2 Å². The number of nitrogens with zero attached hydrogens (tertiary/aromatic N) is 2. The summed E-state index contributed by atoms with van der Waals surface area (Å²) in [6.07, 6.45) is 1.87. The fraction of sp³-hybridized carbons (Fsp3) is 0.0714. The molecule has 2 N–H and O–H groups in total. The first-order valence-electron chi connectivity index (χ1n) is 5.58. The summed E-state index contributed by atoms with van der Waals surface area (Å²) in [5.74, 6) is 0. The lowest BCUT2D eigenvalue weighted by molar-refractivity contribution is 0.712. The van der Waals surface area contributed by atoms with E-state index in [1.54, 1.807) is 0 Å². The molecule has 2 aromatic carbocycles. The van der Waals surface area contributed by atoms with Gasteiger partial charge in [-0.05, 0) is 23.8 Å². The SMILES string of the molecule is Nc1ccc2cnn(Cc3ccccc3)c2c1. The van der Waals surface area contributed by atoms with Crippen LogP contribution < -0.4 is 5.73 Å². The molecule has 0 unspecified atom stereocenters. The molecule has 3 nitrogen and oxygen atoms in total. The van der Waals surface area contributed by atoms with E-state index < -0.39 is 0 Å². The van der Waals surface area contributed by atoms with E-state index >= 15 is 0 Å². The van der Waals surface area contributed by atoms with Crippen molar-refractivity contribution in [1.82, 2.24) is 9.78 Å². The highest BCUT2D eigenvalue weighted by atomic mass is 15.3. The number of benzene rings is 2. The van der Waals surface area contributed by atoms with E-state index in [0.717, 1.165) is 23.1 Å². The maximum Gasteiger partial charge on any atom is 0.0706 e. The van der Waals surface area contributed by atoms with Crippen molar-refractivity contribution in [1.29, 1.82) is 0 Å². The molecule has 0 saturated carbocycles. The van der Waals surface area contributed by atoms with Crippen LogP contribution in [0, 0.1) is 0 Å². The number of fused-ring (bicyclic) bond motifs is 1. The van der Waals surface area contributed by atoms with E-state index in [1.807, 2.05) is 47.3 Å². The van der Waals surface area contributed by atoms with E-state index in [-0.39, 0.29) is 0 Å². The average molecular weight is 223 g/mol. The molecule has 3 heteroatoms. The van der Waals surface area contributed by atoms with Crippen LogP contribution in [0.3, 0.4) is 0 Å². The van der Waals surface area contributed by atoms with Gasteiger partial charge in [0, 0.05) is 11.1 Å². The molecule has 3 rings (SSSR count). The van der Waals surface area contributed by atoms with Gasteiger partial charge < -0.3 is 5.73 Å². The minimum absolute atomic E-state index is 0.771. The predicted molar refractivity (Wildman–Crippen MR) is 69.7 cm³/mol. The first kappa shape index (κ1) is 9.90. The molecule has 3 aromatic rings. The van der Waals surface area contributed by atoms with Crippen molar-refractivity contribution >= 4 is 16.6 Å². The molecule has 0 spiro atoms. The van der Waals surface area contributed by atoms with E-state index in [1.165, 1.54) is 5.56 Å². The van der Waals surface area contributed by atoms with Crippen molar-refractivity contribution < 1.29 is 0 Å². The topological polar surface area (TPSA) is 43.8 Å². The van der Waals surface area contributed by atoms with Crippen molar-refractivity contribution in [3.63, 3.8) is 0 Å². The Hall–Kier alpha value is -2.29. The van der Waals surface area contributed by atoms with E-state index in [4.69, 9.17) is 5.73 Å². The second kappa shape index (κ2) is 3.94. The minimum Gasteiger partial charge on any atom is -0.399 e. The Bertz CT molecular complexity index is 641. The molecule has 17 heavy (non-hydrogen) atoms. The van der Waals surface area contributed by atoms with Crippen LogP contribution in [0.1, 0.15) is 5.56 Å². The fourth-order valence-corrected chi connectivity index (χ4v) is 1.97. The predicted octanol–water partition coefficient (Wildman–Crippen LogP) is 2.67. The fourth-order valence-electron chi connectivity index (χ4n) is 1.97. The molecule has 1 heterocycles. The monoisotopic (exact) mass is 223 g/mol. The van der Waals surface area contributed by atoms with Crippen LogP contribution in [0.5, 0.6) is 0 Å². The lowest BCUT2D eigenvalue weighted by atomic mass is 10.2. The van der Waals surface area contributed by atoms with Gasteiger partial charge in [0.25, 0.3) is 0 Å². The van der Waals surface area contributed by atoms with Crippen LogP contribution in [-0.2, 0) is 6.54 Å². The Kier molecular flexibility index (Phi) is 2.29. The maximum atomic E-state index is 5.80. The number of rotatable bonds is 2. The number of aromatic nitrogens is 2. The van der Waals surface area contributed by atoms with E-state index in [9.17, 15) is 0 Å². The van der Waals surface area contributed by atoms with Crippen molar-refractivity contribution in [2.45, 2.75) is 6.54 Å². The Balaban J connectivity index is 2.03. The highest BCUT2D eigenvalue weighted by Crippen LogP contribution is 2.17. The third-order valence-electron chi connectivity index (χ3n) is 2.84. The van der Waals surface area contributed by atoms with Gasteiger partial charge in [-0.1, -0.05) is 30.3 Å². The Morgan fingerprint density at radius 1 is 1.06 bits per heavy atom. The van der Waals surface area contributed by atoms with Crippen molar-refractivity contribution in [2.24, 2.45) is 0 Å². The zero-order valence-corrected chi connectivity index (χ0v) is 9.38. The van der Waals surface area contributed by atoms with Gasteiger partial charge in [0.2, 0.25) is 0 Å². The second-order valence-corrected chi connectivity index (χ2v) is 4.11. The molecule has 0 fully saturated rings. The number of nitrogen functional groups attached to an aromatic ring is 1. The highest BCUT2D eigenvalue weighted by molar-refractivity contribution is 5.81. The van der Waals surface area contributed by atoms with Crippen LogP contribution in [0.15, 0.2) is 54.7 Å². The molecule has 84 valence electrons. The molecule has 0 aliphatic heterocycles. The summed E-state index contributed by atoms with van der Waals surface area (Å²) in [7, 11) is 0. The molecular weight excluding hydrogens is 210 g/mol. The lowest BCUT2D eigenvalue weighted by Gasteiger charge is -2.04. The molecule has 0 aliphatic carbocycles. The summed E-state index contributed by atoms with van der Waals surface area (Å²) in [6, 6.07) is 16.1. The number of nitrogens with two attached hydrogens (primary N) is 1. The van der Waals surface area contributed by atoms with Gasteiger partial charge in [0.1, 0.15) is 0 Å². The minimum atomic E-state index is 0.771. The van der Waals surface area contributed by atoms with Crippen LogP contribution in [-0.4, -0.2) is 9.78 Å². The Morgan fingerprint density at radius 3 is 2.71 bits per heavy atom. The molecule has 1 aromatic heterocycles. The third kappa shape index (κ3) is 1.87. The zero-order chi connectivity index (χ0) is 11.7. The first-order valence-corrected chi connectivity index (χ1v) is 5.58.